The average molecular weight is 256 g/mol. The molecule has 0 radical (unpaired) electrons. The van der Waals surface area contributed by atoms with Gasteiger partial charge in [0.05, 0.1) is 18.5 Å². The van der Waals surface area contributed by atoms with E-state index in [9.17, 15) is 0 Å². The summed E-state index contributed by atoms with van der Waals surface area (Å²) in [5, 5.41) is 3.35. The molecule has 0 heterocycles. The molecule has 2 aromatic rings. The highest BCUT2D eigenvalue weighted by atomic mass is 16.5. The predicted octanol–water partition coefficient (Wildman–Crippen LogP) is 3.51. The van der Waals surface area contributed by atoms with E-state index in [1.54, 1.807) is 7.11 Å². The van der Waals surface area contributed by atoms with Gasteiger partial charge in [-0.3, -0.25) is 0 Å². The van der Waals surface area contributed by atoms with Crippen molar-refractivity contribution in [2.24, 2.45) is 0 Å². The molecular formula is C16H20N2O. The van der Waals surface area contributed by atoms with Crippen molar-refractivity contribution in [2.75, 3.05) is 18.2 Å². The molecule has 100 valence electrons. The van der Waals surface area contributed by atoms with Crippen LogP contribution in [0.2, 0.25) is 0 Å². The predicted molar refractivity (Wildman–Crippen MR) is 80.6 cm³/mol. The minimum atomic E-state index is 0.693. The van der Waals surface area contributed by atoms with Crippen LogP contribution >= 0.6 is 0 Å². The van der Waals surface area contributed by atoms with E-state index in [-0.39, 0.29) is 0 Å². The molecule has 0 amide bonds. The summed E-state index contributed by atoms with van der Waals surface area (Å²) in [6.07, 6.45) is 0. The molecule has 0 unspecified atom stereocenters. The number of hydrogen-bond donors (Lipinski definition) is 2. The summed E-state index contributed by atoms with van der Waals surface area (Å²) in [6, 6.07) is 12.0. The van der Waals surface area contributed by atoms with Gasteiger partial charge in [0.2, 0.25) is 0 Å². The van der Waals surface area contributed by atoms with E-state index in [0.717, 1.165) is 22.7 Å². The monoisotopic (exact) mass is 256 g/mol. The first kappa shape index (κ1) is 13.3. The maximum Gasteiger partial charge on any atom is 0.124 e. The lowest BCUT2D eigenvalue weighted by Gasteiger charge is -2.14. The smallest absolute Gasteiger partial charge is 0.124 e. The number of ether oxygens (including phenoxy) is 1. The number of hydrogen-bond acceptors (Lipinski definition) is 3. The highest BCUT2D eigenvalue weighted by Gasteiger charge is 2.06. The number of methoxy groups -OCH3 is 1. The second-order valence-corrected chi connectivity index (χ2v) is 4.69. The van der Waals surface area contributed by atoms with Crippen LogP contribution in [-0.2, 0) is 6.54 Å². The van der Waals surface area contributed by atoms with Crippen LogP contribution in [-0.4, -0.2) is 7.11 Å². The largest absolute Gasteiger partial charge is 0.496 e. The molecule has 0 aromatic heterocycles. The third-order valence-electron chi connectivity index (χ3n) is 3.33. The van der Waals surface area contributed by atoms with Crippen LogP contribution in [0.25, 0.3) is 0 Å². The molecular weight excluding hydrogens is 236 g/mol. The molecule has 3 N–H and O–H groups in total. The van der Waals surface area contributed by atoms with Gasteiger partial charge in [0, 0.05) is 12.1 Å². The number of benzene rings is 2. The van der Waals surface area contributed by atoms with Crippen LogP contribution < -0.4 is 15.8 Å². The quantitative estimate of drug-likeness (QED) is 0.823. The van der Waals surface area contributed by atoms with Crippen LogP contribution in [0.1, 0.15) is 16.7 Å². The number of nitrogens with one attached hydrogen (secondary N) is 1. The van der Waals surface area contributed by atoms with Crippen molar-refractivity contribution >= 4 is 11.4 Å². The van der Waals surface area contributed by atoms with Gasteiger partial charge in [-0.25, -0.2) is 0 Å². The number of para-hydroxylation sites is 2. The lowest BCUT2D eigenvalue weighted by Crippen LogP contribution is -2.04. The molecule has 0 spiro atoms. The number of anilines is 2. The molecule has 0 bridgehead atoms. The van der Waals surface area contributed by atoms with Crippen LogP contribution in [0.15, 0.2) is 36.4 Å². The molecule has 0 atom stereocenters. The Morgan fingerprint density at radius 2 is 1.79 bits per heavy atom. The van der Waals surface area contributed by atoms with Gasteiger partial charge in [-0.15, -0.1) is 0 Å². The van der Waals surface area contributed by atoms with Gasteiger partial charge in [0.15, 0.2) is 0 Å². The molecule has 2 aromatic carbocycles. The Morgan fingerprint density at radius 1 is 1.11 bits per heavy atom. The second kappa shape index (κ2) is 5.65. The van der Waals surface area contributed by atoms with Crippen LogP contribution in [0.4, 0.5) is 11.4 Å². The summed E-state index contributed by atoms with van der Waals surface area (Å²) in [5.41, 5.74) is 11.2. The zero-order valence-corrected chi connectivity index (χ0v) is 11.7. The highest BCUT2D eigenvalue weighted by molar-refractivity contribution is 5.65. The molecule has 0 fully saturated rings. The van der Waals surface area contributed by atoms with Gasteiger partial charge in [0.25, 0.3) is 0 Å². The molecule has 3 heteroatoms. The standard InChI is InChI=1S/C16H20N2O/c1-11-8-13(16(19-3)9-12(11)2)10-18-15-7-5-4-6-14(15)17/h4-9,18H,10,17H2,1-3H3. The fourth-order valence-electron chi connectivity index (χ4n) is 2.03. The fraction of sp³-hybridized carbons (Fsp3) is 0.250. The minimum Gasteiger partial charge on any atom is -0.496 e. The molecule has 19 heavy (non-hydrogen) atoms. The Morgan fingerprint density at radius 3 is 2.47 bits per heavy atom. The Labute approximate surface area is 114 Å². The first-order valence-corrected chi connectivity index (χ1v) is 6.34. The van der Waals surface area contributed by atoms with Gasteiger partial charge < -0.3 is 15.8 Å². The van der Waals surface area contributed by atoms with Crippen LogP contribution in [0.3, 0.4) is 0 Å². The fourth-order valence-corrected chi connectivity index (χ4v) is 2.03. The minimum absolute atomic E-state index is 0.693. The highest BCUT2D eigenvalue weighted by Crippen LogP contribution is 2.25. The van der Waals surface area contributed by atoms with Crippen LogP contribution in [0, 0.1) is 13.8 Å². The summed E-state index contributed by atoms with van der Waals surface area (Å²) in [5.74, 6) is 0.908. The summed E-state index contributed by atoms with van der Waals surface area (Å²) < 4.78 is 5.43. The van der Waals surface area contributed by atoms with E-state index < -0.39 is 0 Å². The van der Waals surface area contributed by atoms with Crippen molar-refractivity contribution in [1.29, 1.82) is 0 Å². The lowest BCUT2D eigenvalue weighted by atomic mass is 10.0. The van der Waals surface area contributed by atoms with E-state index >= 15 is 0 Å². The normalized spacial score (nSPS) is 10.3. The van der Waals surface area contributed by atoms with Crippen molar-refractivity contribution in [3.63, 3.8) is 0 Å². The van der Waals surface area contributed by atoms with Crippen LogP contribution in [0.5, 0.6) is 5.75 Å². The zero-order valence-electron chi connectivity index (χ0n) is 11.7. The number of nitrogen functional groups attached to an aromatic ring is 1. The van der Waals surface area contributed by atoms with Gasteiger partial charge in [-0.2, -0.15) is 0 Å². The number of aryl methyl sites for hydroxylation is 2. The Bertz CT molecular complexity index is 579. The van der Waals surface area contributed by atoms with E-state index in [2.05, 4.69) is 31.3 Å². The third-order valence-corrected chi connectivity index (χ3v) is 3.33. The maximum absolute atomic E-state index is 5.92. The molecule has 2 rings (SSSR count). The summed E-state index contributed by atoms with van der Waals surface area (Å²) in [4.78, 5) is 0. The Balaban J connectivity index is 2.20. The number of nitrogens with two attached hydrogens (primary N) is 1. The van der Waals surface area contributed by atoms with Crippen molar-refractivity contribution in [1.82, 2.24) is 0 Å². The van der Waals surface area contributed by atoms with Crippen molar-refractivity contribution < 1.29 is 4.74 Å². The molecule has 3 nitrogen and oxygen atoms in total. The number of rotatable bonds is 4. The summed E-state index contributed by atoms with van der Waals surface area (Å²) in [6.45, 7) is 4.89. The van der Waals surface area contributed by atoms with Crippen molar-refractivity contribution in [2.45, 2.75) is 20.4 Å². The van der Waals surface area contributed by atoms with E-state index in [1.165, 1.54) is 11.1 Å². The van der Waals surface area contributed by atoms with Crippen molar-refractivity contribution in [3.05, 3.63) is 53.1 Å². The average Bonchev–Trinajstić information content (AvgIpc) is 2.41. The van der Waals surface area contributed by atoms with Gasteiger partial charge >= 0.3 is 0 Å². The van der Waals surface area contributed by atoms with Gasteiger partial charge in [-0.05, 0) is 43.2 Å². The van der Waals surface area contributed by atoms with Gasteiger partial charge in [0.1, 0.15) is 5.75 Å². The summed E-state index contributed by atoms with van der Waals surface area (Å²) in [7, 11) is 1.70. The molecule has 0 aliphatic heterocycles. The Kier molecular flexibility index (Phi) is 3.95. The van der Waals surface area contributed by atoms with E-state index in [1.807, 2.05) is 24.3 Å². The molecule has 0 aliphatic rings. The maximum atomic E-state index is 5.92. The molecule has 0 saturated heterocycles. The first-order chi connectivity index (χ1) is 9.11. The second-order valence-electron chi connectivity index (χ2n) is 4.69. The zero-order chi connectivity index (χ0) is 13.8. The SMILES string of the molecule is COc1cc(C)c(C)cc1CNc1ccccc1N. The van der Waals surface area contributed by atoms with E-state index in [4.69, 9.17) is 10.5 Å². The summed E-state index contributed by atoms with van der Waals surface area (Å²) >= 11 is 0. The lowest BCUT2D eigenvalue weighted by molar-refractivity contribution is 0.410. The molecule has 0 saturated carbocycles. The van der Waals surface area contributed by atoms with Crippen molar-refractivity contribution in [3.8, 4) is 5.75 Å². The Hall–Kier alpha value is -2.16. The topological polar surface area (TPSA) is 47.3 Å². The molecule has 0 aliphatic carbocycles. The first-order valence-electron chi connectivity index (χ1n) is 6.34. The third kappa shape index (κ3) is 2.99. The van der Waals surface area contributed by atoms with E-state index in [0.29, 0.717) is 6.54 Å². The van der Waals surface area contributed by atoms with Gasteiger partial charge in [-0.1, -0.05) is 18.2 Å².